The van der Waals surface area contributed by atoms with Gasteiger partial charge in [0.25, 0.3) is 0 Å². The number of alkyl halides is 3. The highest BCUT2D eigenvalue weighted by molar-refractivity contribution is 5.97. The van der Waals surface area contributed by atoms with Gasteiger partial charge in [-0.05, 0) is 38.9 Å². The lowest BCUT2D eigenvalue weighted by Gasteiger charge is -2.39. The largest absolute Gasteiger partial charge is 0.573 e. The molecule has 4 rings (SSSR count). The summed E-state index contributed by atoms with van der Waals surface area (Å²) in [7, 11) is 1.91. The standard InChI is InChI=1S/C23H28F3N5O/c1-22(27-2)18-8-4-5-9-19(18)29-21(30-22)28-17-11-13-31(14-12-17)15-16-7-3-6-10-20(16)32-23(24,25)26/h3-10,17,27H,11-15H2,1-2H3,(H2,28,29,30). The predicted octanol–water partition coefficient (Wildman–Crippen LogP) is 4.01. The molecule has 6 nitrogen and oxygen atoms in total. The minimum absolute atomic E-state index is 0.134. The van der Waals surface area contributed by atoms with Gasteiger partial charge in [-0.15, -0.1) is 13.2 Å². The molecule has 1 fully saturated rings. The average molecular weight is 448 g/mol. The molecular formula is C23H28F3N5O. The number of hydrogen-bond acceptors (Lipinski definition) is 4. The van der Waals surface area contributed by atoms with Gasteiger partial charge in [-0.25, -0.2) is 4.99 Å². The molecule has 2 aliphatic heterocycles. The van der Waals surface area contributed by atoms with Crippen molar-refractivity contribution in [3.63, 3.8) is 0 Å². The number of piperidine rings is 1. The molecule has 0 spiro atoms. The molecule has 32 heavy (non-hydrogen) atoms. The first-order chi connectivity index (χ1) is 15.3. The van der Waals surface area contributed by atoms with E-state index >= 15 is 0 Å². The molecule has 9 heteroatoms. The number of hydrogen-bond donors (Lipinski definition) is 3. The summed E-state index contributed by atoms with van der Waals surface area (Å²) in [5.41, 5.74) is 2.24. The predicted molar refractivity (Wildman–Crippen MR) is 118 cm³/mol. The van der Waals surface area contributed by atoms with Crippen molar-refractivity contribution in [1.82, 2.24) is 15.5 Å². The Morgan fingerprint density at radius 1 is 1.12 bits per heavy atom. The number of rotatable bonds is 5. The number of aliphatic imine (C=N–C) groups is 1. The highest BCUT2D eigenvalue weighted by atomic mass is 19.4. The Hall–Kier alpha value is -2.78. The van der Waals surface area contributed by atoms with Crippen molar-refractivity contribution in [3.8, 4) is 5.75 Å². The molecule has 172 valence electrons. The van der Waals surface area contributed by atoms with Gasteiger partial charge in [0.05, 0.1) is 6.04 Å². The molecule has 0 saturated carbocycles. The lowest BCUT2D eigenvalue weighted by molar-refractivity contribution is -0.275. The third-order valence-electron chi connectivity index (χ3n) is 6.05. The molecule has 2 aromatic carbocycles. The zero-order chi connectivity index (χ0) is 22.8. The topological polar surface area (TPSA) is 60.9 Å². The molecule has 3 N–H and O–H groups in total. The second kappa shape index (κ2) is 8.99. The summed E-state index contributed by atoms with van der Waals surface area (Å²) >= 11 is 0. The number of nitrogens with zero attached hydrogens (tertiary/aromatic N) is 2. The van der Waals surface area contributed by atoms with Crippen molar-refractivity contribution in [1.29, 1.82) is 0 Å². The summed E-state index contributed by atoms with van der Waals surface area (Å²) in [4.78, 5) is 7.04. The minimum Gasteiger partial charge on any atom is -0.405 e. The van der Waals surface area contributed by atoms with Crippen molar-refractivity contribution in [2.45, 2.75) is 44.4 Å². The fourth-order valence-electron chi connectivity index (χ4n) is 4.24. The monoisotopic (exact) mass is 447 g/mol. The fraction of sp³-hybridized carbons (Fsp3) is 0.435. The van der Waals surface area contributed by atoms with Crippen LogP contribution in [0.5, 0.6) is 5.75 Å². The smallest absolute Gasteiger partial charge is 0.405 e. The second-order valence-corrected chi connectivity index (χ2v) is 8.31. The van der Waals surface area contributed by atoms with Crippen LogP contribution >= 0.6 is 0 Å². The van der Waals surface area contributed by atoms with Crippen LogP contribution in [0.2, 0.25) is 0 Å². The summed E-state index contributed by atoms with van der Waals surface area (Å²) in [6.45, 7) is 3.99. The summed E-state index contributed by atoms with van der Waals surface area (Å²) in [5.74, 6) is 0.589. The SMILES string of the molecule is CNC1(C)NC(=NC2CCN(Cc3ccccc3OC(F)(F)F)CC2)Nc2ccccc21. The Morgan fingerprint density at radius 3 is 2.53 bits per heavy atom. The Bertz CT molecular complexity index is 972. The van der Waals surface area contributed by atoms with Crippen LogP contribution in [0.3, 0.4) is 0 Å². The van der Waals surface area contributed by atoms with Gasteiger partial charge >= 0.3 is 6.36 Å². The van der Waals surface area contributed by atoms with Crippen LogP contribution in [-0.2, 0) is 12.2 Å². The fourth-order valence-corrected chi connectivity index (χ4v) is 4.24. The normalized spacial score (nSPS) is 23.3. The molecule has 0 aromatic heterocycles. The lowest BCUT2D eigenvalue weighted by atomic mass is 9.97. The van der Waals surface area contributed by atoms with Crippen LogP contribution in [0.1, 0.15) is 30.9 Å². The molecule has 0 bridgehead atoms. The number of likely N-dealkylation sites (tertiary alicyclic amines) is 1. The third kappa shape index (κ3) is 5.16. The van der Waals surface area contributed by atoms with Crippen LogP contribution in [0.4, 0.5) is 18.9 Å². The van der Waals surface area contributed by atoms with E-state index in [4.69, 9.17) is 4.99 Å². The number of anilines is 1. The number of para-hydroxylation sites is 2. The number of halogens is 3. The minimum atomic E-state index is -4.69. The molecule has 0 radical (unpaired) electrons. The third-order valence-corrected chi connectivity index (χ3v) is 6.05. The van der Waals surface area contributed by atoms with E-state index in [1.807, 2.05) is 25.2 Å². The van der Waals surface area contributed by atoms with E-state index in [0.717, 1.165) is 43.1 Å². The molecule has 2 heterocycles. The Labute approximate surface area is 185 Å². The molecular weight excluding hydrogens is 419 g/mol. The molecule has 2 aromatic rings. The van der Waals surface area contributed by atoms with E-state index in [2.05, 4.69) is 38.6 Å². The van der Waals surface area contributed by atoms with Gasteiger partial charge < -0.3 is 15.4 Å². The zero-order valence-electron chi connectivity index (χ0n) is 18.2. The number of nitrogens with one attached hydrogen (secondary N) is 3. The van der Waals surface area contributed by atoms with E-state index in [1.54, 1.807) is 18.2 Å². The van der Waals surface area contributed by atoms with E-state index in [-0.39, 0.29) is 11.8 Å². The van der Waals surface area contributed by atoms with Crippen LogP contribution in [0, 0.1) is 0 Å². The average Bonchev–Trinajstić information content (AvgIpc) is 2.75. The number of ether oxygens (including phenoxy) is 1. The number of guanidine groups is 1. The summed E-state index contributed by atoms with van der Waals surface area (Å²) in [6.07, 6.45) is -3.04. The molecule has 1 atom stereocenters. The van der Waals surface area contributed by atoms with Crippen LogP contribution < -0.4 is 20.7 Å². The molecule has 1 unspecified atom stereocenters. The Morgan fingerprint density at radius 2 is 1.81 bits per heavy atom. The van der Waals surface area contributed by atoms with E-state index in [1.165, 1.54) is 6.07 Å². The first-order valence-electron chi connectivity index (χ1n) is 10.7. The van der Waals surface area contributed by atoms with Gasteiger partial charge in [0.1, 0.15) is 11.4 Å². The van der Waals surface area contributed by atoms with E-state index in [9.17, 15) is 13.2 Å². The summed E-state index contributed by atoms with van der Waals surface area (Å²) in [6, 6.07) is 14.6. The maximum atomic E-state index is 12.7. The summed E-state index contributed by atoms with van der Waals surface area (Å²) in [5, 5.41) is 10.2. The van der Waals surface area contributed by atoms with Crippen molar-refractivity contribution >= 4 is 11.6 Å². The van der Waals surface area contributed by atoms with Gasteiger partial charge in [0.15, 0.2) is 5.96 Å². The van der Waals surface area contributed by atoms with Gasteiger partial charge in [0, 0.05) is 36.4 Å². The van der Waals surface area contributed by atoms with Gasteiger partial charge in [-0.2, -0.15) is 0 Å². The van der Waals surface area contributed by atoms with Crippen molar-refractivity contribution in [2.24, 2.45) is 4.99 Å². The van der Waals surface area contributed by atoms with E-state index in [0.29, 0.717) is 12.1 Å². The van der Waals surface area contributed by atoms with Crippen LogP contribution in [-0.4, -0.2) is 43.4 Å². The van der Waals surface area contributed by atoms with Gasteiger partial charge in [0.2, 0.25) is 0 Å². The molecule has 1 saturated heterocycles. The lowest BCUT2D eigenvalue weighted by Crippen LogP contribution is -2.58. The first-order valence-corrected chi connectivity index (χ1v) is 10.7. The molecule has 0 aliphatic carbocycles. The summed E-state index contributed by atoms with van der Waals surface area (Å²) < 4.78 is 42.2. The van der Waals surface area contributed by atoms with Crippen molar-refractivity contribution in [2.75, 3.05) is 25.5 Å². The number of benzene rings is 2. The van der Waals surface area contributed by atoms with Crippen molar-refractivity contribution in [3.05, 3.63) is 59.7 Å². The number of fused-ring (bicyclic) bond motifs is 1. The second-order valence-electron chi connectivity index (χ2n) is 8.31. The van der Waals surface area contributed by atoms with Gasteiger partial charge in [-0.1, -0.05) is 36.4 Å². The zero-order valence-corrected chi connectivity index (χ0v) is 18.2. The Kier molecular flexibility index (Phi) is 6.30. The van der Waals surface area contributed by atoms with Crippen LogP contribution in [0.15, 0.2) is 53.5 Å². The quantitative estimate of drug-likeness (QED) is 0.647. The van der Waals surface area contributed by atoms with Crippen LogP contribution in [0.25, 0.3) is 0 Å². The van der Waals surface area contributed by atoms with Gasteiger partial charge in [-0.3, -0.25) is 10.2 Å². The highest BCUT2D eigenvalue weighted by Gasteiger charge is 2.34. The van der Waals surface area contributed by atoms with E-state index < -0.39 is 12.0 Å². The molecule has 2 aliphatic rings. The maximum absolute atomic E-state index is 12.7. The maximum Gasteiger partial charge on any atom is 0.573 e. The Balaban J connectivity index is 1.39. The van der Waals surface area contributed by atoms with Crippen molar-refractivity contribution < 1.29 is 17.9 Å². The highest BCUT2D eigenvalue weighted by Crippen LogP contribution is 2.30. The first kappa shape index (κ1) is 22.4. The molecule has 0 amide bonds.